The fourth-order valence-corrected chi connectivity index (χ4v) is 0.735. The Balaban J connectivity index is 2.98. The first kappa shape index (κ1) is 6.58. The van der Waals surface area contributed by atoms with Crippen LogP contribution in [0.5, 0.6) is 0 Å². The van der Waals surface area contributed by atoms with E-state index >= 15 is 0 Å². The van der Waals surface area contributed by atoms with E-state index in [1.165, 1.54) is 12.2 Å². The van der Waals surface area contributed by atoms with Crippen LogP contribution in [0.2, 0.25) is 0 Å². The molecule has 0 saturated heterocycles. The molecule has 0 unspecified atom stereocenters. The van der Waals surface area contributed by atoms with Crippen molar-refractivity contribution in [2.75, 3.05) is 0 Å². The average molecular weight is 138 g/mol. The Kier molecular flexibility index (Phi) is 1.56. The summed E-state index contributed by atoms with van der Waals surface area (Å²) < 4.78 is 0. The molecule has 52 valence electrons. The zero-order chi connectivity index (χ0) is 7.56. The molecule has 0 atom stereocenters. The van der Waals surface area contributed by atoms with Crippen LogP contribution in [0, 0.1) is 0 Å². The van der Waals surface area contributed by atoms with Gasteiger partial charge in [-0.25, -0.2) is 0 Å². The molecule has 4 nitrogen and oxygen atoms in total. The van der Waals surface area contributed by atoms with Gasteiger partial charge in [0.05, 0.1) is 6.08 Å². The molecule has 1 rings (SSSR count). The highest BCUT2D eigenvalue weighted by Crippen LogP contribution is 2.09. The highest BCUT2D eigenvalue weighted by molar-refractivity contribution is 5.93. The molecule has 0 heterocycles. The van der Waals surface area contributed by atoms with Gasteiger partial charge in [0.15, 0.2) is 0 Å². The molecular formula is C6H6N2O2. The summed E-state index contributed by atoms with van der Waals surface area (Å²) in [6.07, 6.45) is 2.65. The molecular weight excluding hydrogens is 132 g/mol. The Morgan fingerprint density at radius 2 is 2.10 bits per heavy atom. The third kappa shape index (κ3) is 1.24. The Morgan fingerprint density at radius 1 is 1.40 bits per heavy atom. The van der Waals surface area contributed by atoms with Crippen molar-refractivity contribution >= 4 is 5.71 Å². The summed E-state index contributed by atoms with van der Waals surface area (Å²) in [6.45, 7) is 0. The summed E-state index contributed by atoms with van der Waals surface area (Å²) in [4.78, 5) is 2.83. The number of hydrogen-bond donors (Lipinski definition) is 2. The molecule has 0 bridgehead atoms. The maximum absolute atomic E-state index is 8.85. The fraction of sp³-hybridized carbons (Fsp3) is 0.167. The minimum atomic E-state index is -0.100. The SMILES string of the molecule is [N-]=[N+]=C1C=C(O)C=C(O)C1. The van der Waals surface area contributed by atoms with E-state index < -0.39 is 0 Å². The lowest BCUT2D eigenvalue weighted by molar-refractivity contribution is -0.00661. The second-order valence-corrected chi connectivity index (χ2v) is 1.97. The average Bonchev–Trinajstić information content (AvgIpc) is 1.85. The van der Waals surface area contributed by atoms with Crippen molar-refractivity contribution in [1.82, 2.24) is 0 Å². The van der Waals surface area contributed by atoms with Crippen molar-refractivity contribution in [2.24, 2.45) is 0 Å². The van der Waals surface area contributed by atoms with Crippen LogP contribution >= 0.6 is 0 Å². The standard InChI is InChI=1S/C6H6N2O2/c7-8-4-1-5(9)3-6(10)2-4/h1,3,9-10H,2H2. The summed E-state index contributed by atoms with van der Waals surface area (Å²) in [7, 11) is 0. The molecule has 4 heteroatoms. The Morgan fingerprint density at radius 3 is 2.60 bits per heavy atom. The summed E-state index contributed by atoms with van der Waals surface area (Å²) in [5, 5.41) is 17.7. The van der Waals surface area contributed by atoms with Crippen molar-refractivity contribution in [3.63, 3.8) is 0 Å². The van der Waals surface area contributed by atoms with E-state index in [0.29, 0.717) is 0 Å². The molecule has 0 saturated carbocycles. The molecule has 0 aromatic heterocycles. The van der Waals surface area contributed by atoms with E-state index in [2.05, 4.69) is 4.79 Å². The quantitative estimate of drug-likeness (QED) is 0.386. The Hall–Kier alpha value is -1.54. The van der Waals surface area contributed by atoms with Crippen LogP contribution in [0.3, 0.4) is 0 Å². The lowest BCUT2D eigenvalue weighted by Crippen LogP contribution is -2.04. The van der Waals surface area contributed by atoms with E-state index in [1.54, 1.807) is 0 Å². The van der Waals surface area contributed by atoms with Crippen molar-refractivity contribution in [3.05, 3.63) is 29.2 Å². The van der Waals surface area contributed by atoms with Crippen molar-refractivity contribution < 1.29 is 15.0 Å². The van der Waals surface area contributed by atoms with Crippen molar-refractivity contribution in [3.8, 4) is 0 Å². The van der Waals surface area contributed by atoms with Crippen LogP contribution in [0.15, 0.2) is 23.7 Å². The lowest BCUT2D eigenvalue weighted by atomic mass is 10.1. The zero-order valence-electron chi connectivity index (χ0n) is 5.15. The summed E-state index contributed by atoms with van der Waals surface area (Å²) in [6, 6.07) is 0. The maximum atomic E-state index is 8.85. The van der Waals surface area contributed by atoms with Gasteiger partial charge >= 0.3 is 5.71 Å². The molecule has 0 aliphatic heterocycles. The highest BCUT2D eigenvalue weighted by Gasteiger charge is 2.14. The van der Waals surface area contributed by atoms with Gasteiger partial charge < -0.3 is 15.7 Å². The summed E-state index contributed by atoms with van der Waals surface area (Å²) in [5.74, 6) is -0.107. The first-order valence-corrected chi connectivity index (χ1v) is 2.73. The molecule has 0 amide bonds. The molecule has 0 spiro atoms. The number of aliphatic hydroxyl groups excluding tert-OH is 2. The van der Waals surface area contributed by atoms with Gasteiger partial charge in [0.2, 0.25) is 0 Å². The van der Waals surface area contributed by atoms with Crippen LogP contribution in [0.4, 0.5) is 0 Å². The topological polar surface area (TPSA) is 76.9 Å². The third-order valence-electron chi connectivity index (χ3n) is 1.12. The lowest BCUT2D eigenvalue weighted by Gasteiger charge is -1.99. The van der Waals surface area contributed by atoms with Crippen LogP contribution in [-0.4, -0.2) is 20.7 Å². The Labute approximate surface area is 57.3 Å². The normalized spacial score (nSPS) is 17.4. The molecule has 1 aliphatic carbocycles. The molecule has 2 N–H and O–H groups in total. The van der Waals surface area contributed by atoms with Crippen molar-refractivity contribution in [1.29, 1.82) is 0 Å². The fourth-order valence-electron chi connectivity index (χ4n) is 0.735. The smallest absolute Gasteiger partial charge is 0.303 e. The van der Waals surface area contributed by atoms with Gasteiger partial charge in [-0.2, -0.15) is 4.79 Å². The van der Waals surface area contributed by atoms with Crippen LogP contribution < -0.4 is 0 Å². The minimum absolute atomic E-state index is 0.00667. The molecule has 10 heavy (non-hydrogen) atoms. The van der Waals surface area contributed by atoms with E-state index in [4.69, 9.17) is 15.7 Å². The maximum Gasteiger partial charge on any atom is 0.303 e. The van der Waals surface area contributed by atoms with Gasteiger partial charge in [0.1, 0.15) is 17.9 Å². The summed E-state index contributed by atoms with van der Waals surface area (Å²) >= 11 is 0. The van der Waals surface area contributed by atoms with Gasteiger partial charge in [-0.1, -0.05) is 0 Å². The predicted octanol–water partition coefficient (Wildman–Crippen LogP) is 0.945. The first-order chi connectivity index (χ1) is 4.72. The van der Waals surface area contributed by atoms with E-state index in [1.807, 2.05) is 0 Å². The number of rotatable bonds is 0. The van der Waals surface area contributed by atoms with Gasteiger partial charge in [0.25, 0.3) is 0 Å². The van der Waals surface area contributed by atoms with Gasteiger partial charge in [0, 0.05) is 6.08 Å². The Bertz CT molecular complexity index is 259. The predicted molar refractivity (Wildman–Crippen MR) is 34.7 cm³/mol. The molecule has 1 aliphatic rings. The first-order valence-electron chi connectivity index (χ1n) is 2.73. The number of nitrogens with zero attached hydrogens (tertiary/aromatic N) is 2. The third-order valence-corrected chi connectivity index (χ3v) is 1.12. The largest absolute Gasteiger partial charge is 0.512 e. The zero-order valence-corrected chi connectivity index (χ0v) is 5.15. The van der Waals surface area contributed by atoms with Gasteiger partial charge in [-0.15, -0.1) is 0 Å². The van der Waals surface area contributed by atoms with Gasteiger partial charge in [-0.3, -0.25) is 0 Å². The van der Waals surface area contributed by atoms with Crippen LogP contribution in [0.25, 0.3) is 5.53 Å². The molecule has 0 aromatic rings. The second kappa shape index (κ2) is 2.37. The highest BCUT2D eigenvalue weighted by atomic mass is 16.3. The number of allylic oxidation sites excluding steroid dienone is 3. The van der Waals surface area contributed by atoms with Crippen LogP contribution in [-0.2, 0) is 0 Å². The van der Waals surface area contributed by atoms with E-state index in [0.717, 1.165) is 0 Å². The molecule has 0 fully saturated rings. The van der Waals surface area contributed by atoms with Crippen LogP contribution in [0.1, 0.15) is 6.42 Å². The monoisotopic (exact) mass is 138 g/mol. The number of aliphatic hydroxyl groups is 2. The second-order valence-electron chi connectivity index (χ2n) is 1.97. The molecule has 0 aromatic carbocycles. The molecule has 0 radical (unpaired) electrons. The number of hydrogen-bond acceptors (Lipinski definition) is 2. The van der Waals surface area contributed by atoms with E-state index in [9.17, 15) is 0 Å². The van der Waals surface area contributed by atoms with Gasteiger partial charge in [-0.05, 0) is 0 Å². The minimum Gasteiger partial charge on any atom is -0.512 e. The van der Waals surface area contributed by atoms with E-state index in [-0.39, 0.29) is 23.7 Å². The summed E-state index contributed by atoms with van der Waals surface area (Å²) in [5.41, 5.74) is 8.47. The van der Waals surface area contributed by atoms with Crippen molar-refractivity contribution in [2.45, 2.75) is 6.42 Å².